The number of nitrogens with one attached hydrogen (secondary N) is 1. The molecule has 2 aliphatic heterocycles. The van der Waals surface area contributed by atoms with Crippen LogP contribution in [-0.4, -0.2) is 106 Å². The SMILES string of the molecule is C=N/C=C(\C=NCCN(CCNC)C1CC2(C1)CN(Cc1ccccc1)C2)OC1COC1.O=CO. The van der Waals surface area contributed by atoms with Gasteiger partial charge in [-0.25, -0.2) is 0 Å². The highest BCUT2D eigenvalue weighted by molar-refractivity contribution is 5.76. The molecule has 1 aliphatic carbocycles. The Balaban J connectivity index is 0.00000108. The molecule has 0 radical (unpaired) electrons. The number of benzene rings is 1. The van der Waals surface area contributed by atoms with Gasteiger partial charge in [0, 0.05) is 45.3 Å². The minimum absolute atomic E-state index is 0.108. The van der Waals surface area contributed by atoms with Crippen LogP contribution in [0.4, 0.5) is 0 Å². The minimum Gasteiger partial charge on any atom is -0.483 e. The molecule has 9 heteroatoms. The molecule has 3 aliphatic rings. The maximum Gasteiger partial charge on any atom is 0.290 e. The molecule has 2 N–H and O–H groups in total. The number of nitrogens with zero attached hydrogens (tertiary/aromatic N) is 4. The molecule has 35 heavy (non-hydrogen) atoms. The maximum absolute atomic E-state index is 8.36. The van der Waals surface area contributed by atoms with E-state index in [4.69, 9.17) is 19.4 Å². The van der Waals surface area contributed by atoms with Gasteiger partial charge >= 0.3 is 0 Å². The molecule has 0 amide bonds. The van der Waals surface area contributed by atoms with E-state index in [2.05, 4.69) is 62.2 Å². The van der Waals surface area contributed by atoms with Crippen LogP contribution >= 0.6 is 0 Å². The fraction of sp³-hybridized carbons (Fsp3) is 0.577. The molecule has 1 spiro atoms. The highest BCUT2D eigenvalue weighted by Crippen LogP contribution is 2.50. The standard InChI is InChI=1S/C25H37N5O2.CH2O2/c1-26-8-10-30(11-9-28-15-23(14-27-2)32-24-17-31-18-24)22-12-25(13-22)19-29(20-25)16-21-6-4-3-5-7-21;2-1-3/h3-7,14-15,22,24,26H,2,8-13,16-20H2,1H3;1H,(H,2,3)/b23-14+,28-15?;. The summed E-state index contributed by atoms with van der Waals surface area (Å²) in [6, 6.07) is 11.5. The van der Waals surface area contributed by atoms with E-state index in [0.717, 1.165) is 32.7 Å². The van der Waals surface area contributed by atoms with Gasteiger partial charge in [0.1, 0.15) is 6.10 Å². The molecule has 1 aromatic rings. The van der Waals surface area contributed by atoms with Gasteiger partial charge in [-0.15, -0.1) is 0 Å². The highest BCUT2D eigenvalue weighted by Gasteiger charge is 2.53. The maximum atomic E-state index is 8.36. The van der Waals surface area contributed by atoms with Gasteiger partial charge in [0.05, 0.1) is 32.2 Å². The lowest BCUT2D eigenvalue weighted by Gasteiger charge is -2.61. The van der Waals surface area contributed by atoms with Crippen LogP contribution in [0, 0.1) is 5.41 Å². The zero-order valence-electron chi connectivity index (χ0n) is 20.7. The first kappa shape index (κ1) is 27.0. The molecule has 1 saturated carbocycles. The number of carbonyl (C=O) groups is 1. The fourth-order valence-corrected chi connectivity index (χ4v) is 5.04. The molecule has 2 heterocycles. The van der Waals surface area contributed by atoms with Crippen LogP contribution in [0.15, 0.2) is 52.3 Å². The second-order valence-corrected chi connectivity index (χ2v) is 9.46. The first-order valence-corrected chi connectivity index (χ1v) is 12.2. The Labute approximate surface area is 208 Å². The van der Waals surface area contributed by atoms with Crippen molar-refractivity contribution < 1.29 is 19.4 Å². The van der Waals surface area contributed by atoms with E-state index in [0.29, 0.717) is 30.4 Å². The number of likely N-dealkylation sites (tertiary alicyclic amines) is 1. The van der Waals surface area contributed by atoms with Crippen molar-refractivity contribution >= 4 is 19.4 Å². The zero-order chi connectivity index (χ0) is 24.9. The predicted molar refractivity (Wildman–Crippen MR) is 138 cm³/mol. The van der Waals surface area contributed by atoms with E-state index < -0.39 is 0 Å². The number of allylic oxidation sites excluding steroid dienone is 1. The van der Waals surface area contributed by atoms with E-state index in [1.807, 2.05) is 7.05 Å². The predicted octanol–water partition coefficient (Wildman–Crippen LogP) is 1.90. The second kappa shape index (κ2) is 14.1. The molecule has 0 aromatic heterocycles. The monoisotopic (exact) mass is 485 g/mol. The molecular formula is C26H39N5O4. The van der Waals surface area contributed by atoms with Crippen molar-refractivity contribution in [1.82, 2.24) is 15.1 Å². The van der Waals surface area contributed by atoms with Gasteiger partial charge in [0.25, 0.3) is 6.47 Å². The van der Waals surface area contributed by atoms with Crippen LogP contribution < -0.4 is 5.32 Å². The Bertz CT molecular complexity index is 829. The first-order valence-electron chi connectivity index (χ1n) is 12.2. The molecular weight excluding hydrogens is 446 g/mol. The van der Waals surface area contributed by atoms with E-state index in [-0.39, 0.29) is 12.6 Å². The topological polar surface area (TPSA) is 99.0 Å². The van der Waals surface area contributed by atoms with Gasteiger partial charge in [0.15, 0.2) is 5.76 Å². The summed E-state index contributed by atoms with van der Waals surface area (Å²) in [4.78, 5) is 22.0. The zero-order valence-corrected chi connectivity index (χ0v) is 20.7. The van der Waals surface area contributed by atoms with Gasteiger partial charge in [-0.3, -0.25) is 24.6 Å². The third-order valence-corrected chi connectivity index (χ3v) is 6.73. The average Bonchev–Trinajstić information content (AvgIpc) is 2.78. The Hall–Kier alpha value is -2.59. The quantitative estimate of drug-likeness (QED) is 0.250. The van der Waals surface area contributed by atoms with Crippen molar-refractivity contribution in [3.63, 3.8) is 0 Å². The van der Waals surface area contributed by atoms with E-state index >= 15 is 0 Å². The number of hydrogen-bond donors (Lipinski definition) is 2. The highest BCUT2D eigenvalue weighted by atomic mass is 16.6. The van der Waals surface area contributed by atoms with Crippen molar-refractivity contribution in [1.29, 1.82) is 0 Å². The number of aliphatic imine (C=N–C) groups is 2. The van der Waals surface area contributed by atoms with Crippen molar-refractivity contribution in [2.75, 3.05) is 59.5 Å². The van der Waals surface area contributed by atoms with Crippen molar-refractivity contribution in [2.24, 2.45) is 15.4 Å². The lowest BCUT2D eigenvalue weighted by atomic mass is 9.60. The largest absolute Gasteiger partial charge is 0.483 e. The molecule has 3 fully saturated rings. The summed E-state index contributed by atoms with van der Waals surface area (Å²) < 4.78 is 11.0. The van der Waals surface area contributed by atoms with Gasteiger partial charge in [-0.2, -0.15) is 0 Å². The summed E-state index contributed by atoms with van der Waals surface area (Å²) in [5.41, 5.74) is 1.96. The van der Waals surface area contributed by atoms with Gasteiger partial charge in [-0.1, -0.05) is 30.3 Å². The molecule has 9 nitrogen and oxygen atoms in total. The molecule has 4 rings (SSSR count). The minimum atomic E-state index is -0.250. The smallest absolute Gasteiger partial charge is 0.290 e. The molecule has 1 aromatic carbocycles. The molecule has 192 valence electrons. The number of rotatable bonds is 13. The average molecular weight is 486 g/mol. The van der Waals surface area contributed by atoms with Crippen LogP contribution in [0.3, 0.4) is 0 Å². The van der Waals surface area contributed by atoms with Crippen molar-refractivity contribution in [3.8, 4) is 0 Å². The van der Waals surface area contributed by atoms with Gasteiger partial charge in [0.2, 0.25) is 0 Å². The van der Waals surface area contributed by atoms with Crippen LogP contribution in [-0.2, 0) is 20.8 Å². The Morgan fingerprint density at radius 3 is 2.63 bits per heavy atom. The molecule has 2 saturated heterocycles. The summed E-state index contributed by atoms with van der Waals surface area (Å²) in [6.45, 7) is 11.9. The molecule has 0 bridgehead atoms. The Morgan fingerprint density at radius 1 is 1.31 bits per heavy atom. The van der Waals surface area contributed by atoms with E-state index in [1.165, 1.54) is 31.5 Å². The third-order valence-electron chi connectivity index (χ3n) is 6.73. The summed E-state index contributed by atoms with van der Waals surface area (Å²) in [5, 5.41) is 10.2. The van der Waals surface area contributed by atoms with Crippen LogP contribution in [0.5, 0.6) is 0 Å². The van der Waals surface area contributed by atoms with Gasteiger partial charge in [-0.05, 0) is 37.6 Å². The molecule has 0 atom stereocenters. The number of carboxylic acid groups (broad SMARTS) is 1. The van der Waals surface area contributed by atoms with Crippen LogP contribution in [0.2, 0.25) is 0 Å². The Morgan fingerprint density at radius 2 is 2.03 bits per heavy atom. The summed E-state index contributed by atoms with van der Waals surface area (Å²) >= 11 is 0. The summed E-state index contributed by atoms with van der Waals surface area (Å²) in [5.74, 6) is 0.658. The van der Waals surface area contributed by atoms with E-state index in [1.54, 1.807) is 12.4 Å². The number of hydrogen-bond acceptors (Lipinski definition) is 8. The first-order chi connectivity index (χ1) is 17.1. The summed E-state index contributed by atoms with van der Waals surface area (Å²) in [6.07, 6.45) is 6.12. The fourth-order valence-electron chi connectivity index (χ4n) is 5.04. The lowest BCUT2D eigenvalue weighted by Crippen LogP contribution is -2.66. The number of ether oxygens (including phenoxy) is 2. The molecule has 0 unspecified atom stereocenters. The van der Waals surface area contributed by atoms with Crippen molar-refractivity contribution in [3.05, 3.63) is 47.9 Å². The van der Waals surface area contributed by atoms with Gasteiger partial charge < -0.3 is 19.9 Å². The van der Waals surface area contributed by atoms with Crippen LogP contribution in [0.25, 0.3) is 0 Å². The van der Waals surface area contributed by atoms with Crippen molar-refractivity contribution in [2.45, 2.75) is 31.5 Å². The summed E-state index contributed by atoms with van der Waals surface area (Å²) in [7, 11) is 2.02. The number of likely N-dealkylation sites (N-methyl/N-ethyl adjacent to an activating group) is 1. The van der Waals surface area contributed by atoms with E-state index in [9.17, 15) is 0 Å². The lowest BCUT2D eigenvalue weighted by molar-refractivity contribution is -0.122. The Kier molecular flexibility index (Phi) is 10.9. The van der Waals surface area contributed by atoms with Crippen LogP contribution in [0.1, 0.15) is 18.4 Å². The normalized spacial score (nSPS) is 20.0. The second-order valence-electron chi connectivity index (χ2n) is 9.46. The third kappa shape index (κ3) is 8.24.